The van der Waals surface area contributed by atoms with Gasteiger partial charge < -0.3 is 20.5 Å². The third kappa shape index (κ3) is 3.87. The van der Waals surface area contributed by atoms with E-state index in [2.05, 4.69) is 0 Å². The zero-order valence-electron chi connectivity index (χ0n) is 12.6. The average molecular weight is 280 g/mol. The Labute approximate surface area is 120 Å². The molecule has 20 heavy (non-hydrogen) atoms. The second kappa shape index (κ2) is 7.14. The van der Waals surface area contributed by atoms with E-state index < -0.39 is 6.04 Å². The fraction of sp³-hybridized carbons (Fsp3) is 0.533. The minimum Gasteiger partial charge on any atom is -0.504 e. The number of aromatic hydroxyl groups is 1. The van der Waals surface area contributed by atoms with E-state index in [1.54, 1.807) is 30.1 Å². The monoisotopic (exact) mass is 280 g/mol. The van der Waals surface area contributed by atoms with Gasteiger partial charge in [0.25, 0.3) is 0 Å². The van der Waals surface area contributed by atoms with Crippen LogP contribution in [0.5, 0.6) is 11.5 Å². The Morgan fingerprint density at radius 3 is 2.70 bits per heavy atom. The van der Waals surface area contributed by atoms with Gasteiger partial charge in [-0.2, -0.15) is 0 Å². The number of methoxy groups -OCH3 is 1. The summed E-state index contributed by atoms with van der Waals surface area (Å²) < 4.78 is 5.05. The number of rotatable bonds is 6. The lowest BCUT2D eigenvalue weighted by Crippen LogP contribution is -2.45. The molecule has 0 saturated heterocycles. The highest BCUT2D eigenvalue weighted by molar-refractivity contribution is 5.81. The van der Waals surface area contributed by atoms with Gasteiger partial charge in [-0.25, -0.2) is 0 Å². The smallest absolute Gasteiger partial charge is 0.239 e. The summed E-state index contributed by atoms with van der Waals surface area (Å²) in [6.45, 7) is 4.42. The molecular weight excluding hydrogens is 256 g/mol. The molecule has 1 aromatic rings. The van der Waals surface area contributed by atoms with Crippen molar-refractivity contribution >= 4 is 5.91 Å². The van der Waals surface area contributed by atoms with E-state index in [0.29, 0.717) is 12.3 Å². The summed E-state index contributed by atoms with van der Waals surface area (Å²) in [6, 6.07) is 4.55. The van der Waals surface area contributed by atoms with Crippen LogP contribution in [0.15, 0.2) is 18.2 Å². The molecule has 5 nitrogen and oxygen atoms in total. The zero-order valence-corrected chi connectivity index (χ0v) is 12.6. The molecule has 5 heteroatoms. The number of benzene rings is 1. The Balaban J connectivity index is 2.75. The number of carbonyl (C=O) groups is 1. The highest BCUT2D eigenvalue weighted by Gasteiger charge is 2.22. The SMILES string of the molecule is CCC(C)C(N)C(=O)N(C)Cc1ccc(O)c(OC)c1. The van der Waals surface area contributed by atoms with Crippen molar-refractivity contribution in [1.82, 2.24) is 4.90 Å². The van der Waals surface area contributed by atoms with Gasteiger partial charge in [0.05, 0.1) is 13.2 Å². The van der Waals surface area contributed by atoms with Crippen LogP contribution in [0.25, 0.3) is 0 Å². The average Bonchev–Trinajstić information content (AvgIpc) is 2.46. The van der Waals surface area contributed by atoms with Crippen molar-refractivity contribution < 1.29 is 14.6 Å². The van der Waals surface area contributed by atoms with Crippen LogP contribution >= 0.6 is 0 Å². The molecule has 112 valence electrons. The Morgan fingerprint density at radius 1 is 1.50 bits per heavy atom. The van der Waals surface area contributed by atoms with Gasteiger partial charge in [0, 0.05) is 13.6 Å². The quantitative estimate of drug-likeness (QED) is 0.832. The number of carbonyl (C=O) groups excluding carboxylic acids is 1. The lowest BCUT2D eigenvalue weighted by Gasteiger charge is -2.24. The van der Waals surface area contributed by atoms with Gasteiger partial charge in [-0.1, -0.05) is 26.3 Å². The van der Waals surface area contributed by atoms with Crippen molar-refractivity contribution in [2.24, 2.45) is 11.7 Å². The van der Waals surface area contributed by atoms with Crippen LogP contribution in [-0.4, -0.2) is 36.1 Å². The summed E-state index contributed by atoms with van der Waals surface area (Å²) >= 11 is 0. The lowest BCUT2D eigenvalue weighted by atomic mass is 9.99. The molecule has 0 fully saturated rings. The summed E-state index contributed by atoms with van der Waals surface area (Å²) in [5.74, 6) is 0.557. The third-order valence-corrected chi connectivity index (χ3v) is 3.58. The van der Waals surface area contributed by atoms with Crippen molar-refractivity contribution in [3.63, 3.8) is 0 Å². The van der Waals surface area contributed by atoms with E-state index in [1.807, 2.05) is 13.8 Å². The molecule has 2 atom stereocenters. The number of hydrogen-bond acceptors (Lipinski definition) is 4. The maximum atomic E-state index is 12.2. The summed E-state index contributed by atoms with van der Waals surface area (Å²) in [4.78, 5) is 13.8. The van der Waals surface area contributed by atoms with Gasteiger partial charge in [-0.15, -0.1) is 0 Å². The van der Waals surface area contributed by atoms with Crippen LogP contribution in [0.1, 0.15) is 25.8 Å². The Kier molecular flexibility index (Phi) is 5.82. The molecule has 0 bridgehead atoms. The Hall–Kier alpha value is -1.75. The number of phenols is 1. The van der Waals surface area contributed by atoms with Crippen LogP contribution < -0.4 is 10.5 Å². The predicted molar refractivity (Wildman–Crippen MR) is 78.6 cm³/mol. The van der Waals surface area contributed by atoms with Crippen molar-refractivity contribution in [2.45, 2.75) is 32.9 Å². The van der Waals surface area contributed by atoms with Crippen molar-refractivity contribution in [3.8, 4) is 11.5 Å². The topological polar surface area (TPSA) is 75.8 Å². The number of ether oxygens (including phenoxy) is 1. The number of amides is 1. The summed E-state index contributed by atoms with van der Waals surface area (Å²) in [5, 5.41) is 9.55. The highest BCUT2D eigenvalue weighted by atomic mass is 16.5. The summed E-state index contributed by atoms with van der Waals surface area (Å²) in [5.41, 5.74) is 6.83. The standard InChI is InChI=1S/C15H24N2O3/c1-5-10(2)14(16)15(19)17(3)9-11-6-7-12(18)13(8-11)20-4/h6-8,10,14,18H,5,9,16H2,1-4H3. The first-order valence-electron chi connectivity index (χ1n) is 6.77. The number of hydrogen-bond donors (Lipinski definition) is 2. The molecule has 0 spiro atoms. The second-order valence-electron chi connectivity index (χ2n) is 5.11. The van der Waals surface area contributed by atoms with Gasteiger partial charge in [-0.05, 0) is 23.6 Å². The normalized spacial score (nSPS) is 13.7. The fourth-order valence-electron chi connectivity index (χ4n) is 1.92. The van der Waals surface area contributed by atoms with Crippen LogP contribution in [0.3, 0.4) is 0 Å². The summed E-state index contributed by atoms with van der Waals surface area (Å²) in [7, 11) is 3.22. The van der Waals surface area contributed by atoms with Gasteiger partial charge in [0.1, 0.15) is 0 Å². The number of likely N-dealkylation sites (N-methyl/N-ethyl adjacent to an activating group) is 1. The molecule has 2 unspecified atom stereocenters. The van der Waals surface area contributed by atoms with E-state index in [-0.39, 0.29) is 17.6 Å². The largest absolute Gasteiger partial charge is 0.504 e. The molecular formula is C15H24N2O3. The zero-order chi connectivity index (χ0) is 15.3. The van der Waals surface area contributed by atoms with Gasteiger partial charge >= 0.3 is 0 Å². The van der Waals surface area contributed by atoms with Crippen molar-refractivity contribution in [3.05, 3.63) is 23.8 Å². The highest BCUT2D eigenvalue weighted by Crippen LogP contribution is 2.26. The predicted octanol–water partition coefficient (Wildman–Crippen LogP) is 1.73. The van der Waals surface area contributed by atoms with Crippen molar-refractivity contribution in [1.29, 1.82) is 0 Å². The first kappa shape index (κ1) is 16.3. The fourth-order valence-corrected chi connectivity index (χ4v) is 1.92. The minimum atomic E-state index is -0.482. The van der Waals surface area contributed by atoms with Crippen LogP contribution in [0.2, 0.25) is 0 Å². The molecule has 0 saturated carbocycles. The molecule has 3 N–H and O–H groups in total. The third-order valence-electron chi connectivity index (χ3n) is 3.58. The summed E-state index contributed by atoms with van der Waals surface area (Å²) in [6.07, 6.45) is 0.869. The molecule has 1 rings (SSSR count). The first-order chi connectivity index (χ1) is 9.40. The molecule has 1 aromatic carbocycles. The lowest BCUT2D eigenvalue weighted by molar-refractivity contribution is -0.132. The van der Waals surface area contributed by atoms with Crippen molar-refractivity contribution in [2.75, 3.05) is 14.2 Å². The van der Waals surface area contributed by atoms with Crippen LogP contribution in [0, 0.1) is 5.92 Å². The molecule has 1 amide bonds. The maximum absolute atomic E-state index is 12.2. The number of phenolic OH excluding ortho intramolecular Hbond substituents is 1. The molecule has 0 radical (unpaired) electrons. The Morgan fingerprint density at radius 2 is 2.15 bits per heavy atom. The number of nitrogens with zero attached hydrogens (tertiary/aromatic N) is 1. The minimum absolute atomic E-state index is 0.0774. The molecule has 0 heterocycles. The van der Waals surface area contributed by atoms with Gasteiger partial charge in [-0.3, -0.25) is 4.79 Å². The van der Waals surface area contributed by atoms with Gasteiger partial charge in [0.2, 0.25) is 5.91 Å². The van der Waals surface area contributed by atoms with E-state index >= 15 is 0 Å². The molecule has 0 aromatic heterocycles. The second-order valence-corrected chi connectivity index (χ2v) is 5.11. The van der Waals surface area contributed by atoms with Crippen LogP contribution in [0.4, 0.5) is 0 Å². The van der Waals surface area contributed by atoms with Gasteiger partial charge in [0.15, 0.2) is 11.5 Å². The van der Waals surface area contributed by atoms with Crippen LogP contribution in [-0.2, 0) is 11.3 Å². The van der Waals surface area contributed by atoms with E-state index in [0.717, 1.165) is 12.0 Å². The van der Waals surface area contributed by atoms with E-state index in [9.17, 15) is 9.90 Å². The first-order valence-corrected chi connectivity index (χ1v) is 6.77. The van der Waals surface area contributed by atoms with E-state index in [1.165, 1.54) is 7.11 Å². The van der Waals surface area contributed by atoms with E-state index in [4.69, 9.17) is 10.5 Å². The molecule has 0 aliphatic heterocycles. The number of nitrogens with two attached hydrogens (primary N) is 1. The maximum Gasteiger partial charge on any atom is 0.239 e. The Bertz CT molecular complexity index is 462. The molecule has 0 aliphatic carbocycles. The molecule has 0 aliphatic rings.